The summed E-state index contributed by atoms with van der Waals surface area (Å²) in [6.07, 6.45) is 1.30. The van der Waals surface area contributed by atoms with Gasteiger partial charge in [-0.2, -0.15) is 17.7 Å². The van der Waals surface area contributed by atoms with Crippen LogP contribution in [0.1, 0.15) is 12.8 Å². The molecule has 0 fully saturated rings. The smallest absolute Gasteiger partial charge is 0.248 e. The molecular formula is C6H10N2OS. The molecule has 0 aliphatic carbocycles. The first-order chi connectivity index (χ1) is 4.74. The number of hydrogen-bond acceptors (Lipinski definition) is 3. The van der Waals surface area contributed by atoms with Gasteiger partial charge in [-0.15, -0.1) is 0 Å². The fourth-order valence-electron chi connectivity index (χ4n) is 0.860. The van der Waals surface area contributed by atoms with Crippen LogP contribution in [0.5, 0.6) is 0 Å². The molecular weight excluding hydrogens is 148 g/mol. The Bertz CT molecular complexity index is 179. The zero-order valence-corrected chi connectivity index (χ0v) is 6.77. The van der Waals surface area contributed by atoms with Gasteiger partial charge in [-0.25, -0.2) is 5.01 Å². The van der Waals surface area contributed by atoms with E-state index < -0.39 is 0 Å². The van der Waals surface area contributed by atoms with Crippen molar-refractivity contribution in [1.82, 2.24) is 5.01 Å². The summed E-state index contributed by atoms with van der Waals surface area (Å²) in [5, 5.41) is 5.40. The molecule has 0 radical (unpaired) electrons. The lowest BCUT2D eigenvalue weighted by Crippen LogP contribution is -2.13. The van der Waals surface area contributed by atoms with Gasteiger partial charge in [0.1, 0.15) is 0 Å². The molecule has 0 saturated heterocycles. The van der Waals surface area contributed by atoms with Gasteiger partial charge in [0.05, 0.1) is 6.42 Å². The Hall–Kier alpha value is -0.510. The third-order valence-electron chi connectivity index (χ3n) is 1.41. The summed E-state index contributed by atoms with van der Waals surface area (Å²) in [5.74, 6) is 0.844. The van der Waals surface area contributed by atoms with Gasteiger partial charge in [0.2, 0.25) is 5.91 Å². The van der Waals surface area contributed by atoms with E-state index in [1.54, 1.807) is 7.05 Å². The number of hydrazone groups is 1. The minimum atomic E-state index is 0.0804. The molecule has 0 aromatic carbocycles. The summed E-state index contributed by atoms with van der Waals surface area (Å²) in [6, 6.07) is 0. The highest BCUT2D eigenvalue weighted by Gasteiger charge is 2.18. The van der Waals surface area contributed by atoms with E-state index in [2.05, 4.69) is 17.7 Å². The molecule has 4 heteroatoms. The van der Waals surface area contributed by atoms with Gasteiger partial charge >= 0.3 is 0 Å². The van der Waals surface area contributed by atoms with Crippen LogP contribution in [-0.4, -0.2) is 29.4 Å². The van der Waals surface area contributed by atoms with Crippen molar-refractivity contribution in [3.8, 4) is 0 Å². The van der Waals surface area contributed by atoms with Gasteiger partial charge in [0.25, 0.3) is 0 Å². The SMILES string of the molecule is CN1N=C(CCS)CC1=O. The van der Waals surface area contributed by atoms with Crippen molar-refractivity contribution < 1.29 is 4.79 Å². The number of rotatable bonds is 2. The highest BCUT2D eigenvalue weighted by atomic mass is 32.1. The quantitative estimate of drug-likeness (QED) is 0.584. The maximum absolute atomic E-state index is 10.8. The van der Waals surface area contributed by atoms with E-state index in [1.807, 2.05) is 0 Å². The van der Waals surface area contributed by atoms with Gasteiger partial charge in [-0.1, -0.05) is 0 Å². The van der Waals surface area contributed by atoms with Crippen LogP contribution in [-0.2, 0) is 4.79 Å². The van der Waals surface area contributed by atoms with Crippen molar-refractivity contribution in [2.24, 2.45) is 5.10 Å². The lowest BCUT2D eigenvalue weighted by atomic mass is 10.2. The third kappa shape index (κ3) is 1.50. The van der Waals surface area contributed by atoms with Crippen LogP contribution in [0.3, 0.4) is 0 Å². The molecule has 1 rings (SSSR count). The van der Waals surface area contributed by atoms with Crippen LogP contribution in [0, 0.1) is 0 Å². The van der Waals surface area contributed by atoms with Crippen LogP contribution in [0.4, 0.5) is 0 Å². The summed E-state index contributed by atoms with van der Waals surface area (Å²) in [4.78, 5) is 10.8. The van der Waals surface area contributed by atoms with Gasteiger partial charge < -0.3 is 0 Å². The van der Waals surface area contributed by atoms with E-state index in [9.17, 15) is 4.79 Å². The van der Waals surface area contributed by atoms with Crippen LogP contribution < -0.4 is 0 Å². The van der Waals surface area contributed by atoms with Crippen molar-refractivity contribution in [2.45, 2.75) is 12.8 Å². The van der Waals surface area contributed by atoms with Gasteiger partial charge in [-0.3, -0.25) is 4.79 Å². The average molecular weight is 158 g/mol. The highest BCUT2D eigenvalue weighted by molar-refractivity contribution is 7.80. The Morgan fingerprint density at radius 2 is 2.50 bits per heavy atom. The number of carbonyl (C=O) groups excluding carboxylic acids is 1. The van der Waals surface area contributed by atoms with Crippen molar-refractivity contribution in [3.63, 3.8) is 0 Å². The average Bonchev–Trinajstić information content (AvgIpc) is 2.14. The Morgan fingerprint density at radius 3 is 2.90 bits per heavy atom. The van der Waals surface area contributed by atoms with Gasteiger partial charge in [0.15, 0.2) is 0 Å². The zero-order chi connectivity index (χ0) is 7.56. The van der Waals surface area contributed by atoms with Crippen LogP contribution in [0.15, 0.2) is 5.10 Å². The second-order valence-electron chi connectivity index (χ2n) is 2.23. The summed E-state index contributed by atoms with van der Waals surface area (Å²) in [5.41, 5.74) is 0.947. The Labute approximate surface area is 65.5 Å². The molecule has 1 aliphatic rings. The topological polar surface area (TPSA) is 32.7 Å². The summed E-state index contributed by atoms with van der Waals surface area (Å²) >= 11 is 4.04. The second kappa shape index (κ2) is 3.05. The fourth-order valence-corrected chi connectivity index (χ4v) is 1.12. The van der Waals surface area contributed by atoms with E-state index in [1.165, 1.54) is 5.01 Å². The summed E-state index contributed by atoms with van der Waals surface area (Å²) in [6.45, 7) is 0. The zero-order valence-electron chi connectivity index (χ0n) is 5.87. The number of hydrogen-bond donors (Lipinski definition) is 1. The van der Waals surface area contributed by atoms with Crippen molar-refractivity contribution in [2.75, 3.05) is 12.8 Å². The molecule has 3 nitrogen and oxygen atoms in total. The Balaban J connectivity index is 2.50. The molecule has 0 unspecified atom stereocenters. The first-order valence-electron chi connectivity index (χ1n) is 3.18. The summed E-state index contributed by atoms with van der Waals surface area (Å²) < 4.78 is 0. The molecule has 0 aromatic heterocycles. The molecule has 0 N–H and O–H groups in total. The minimum Gasteiger partial charge on any atom is -0.273 e. The van der Waals surface area contributed by atoms with Gasteiger partial charge in [-0.05, 0) is 12.2 Å². The molecule has 1 heterocycles. The molecule has 0 saturated carbocycles. The molecule has 0 spiro atoms. The highest BCUT2D eigenvalue weighted by Crippen LogP contribution is 2.07. The molecule has 0 bridgehead atoms. The number of carbonyl (C=O) groups is 1. The molecule has 0 aromatic rings. The molecule has 56 valence electrons. The predicted octanol–water partition coefficient (Wildman–Crippen LogP) is 0.524. The van der Waals surface area contributed by atoms with E-state index in [0.717, 1.165) is 17.9 Å². The molecule has 1 aliphatic heterocycles. The Morgan fingerprint density at radius 1 is 1.80 bits per heavy atom. The van der Waals surface area contributed by atoms with Crippen LogP contribution in [0.25, 0.3) is 0 Å². The monoisotopic (exact) mass is 158 g/mol. The standard InChI is InChI=1S/C6H10N2OS/c1-8-6(9)4-5(7-8)2-3-10/h10H,2-4H2,1H3. The first-order valence-corrected chi connectivity index (χ1v) is 3.81. The van der Waals surface area contributed by atoms with E-state index in [-0.39, 0.29) is 5.91 Å². The third-order valence-corrected chi connectivity index (χ3v) is 1.63. The van der Waals surface area contributed by atoms with E-state index in [4.69, 9.17) is 0 Å². The fraction of sp³-hybridized carbons (Fsp3) is 0.667. The molecule has 10 heavy (non-hydrogen) atoms. The van der Waals surface area contributed by atoms with E-state index in [0.29, 0.717) is 6.42 Å². The van der Waals surface area contributed by atoms with Crippen molar-refractivity contribution in [3.05, 3.63) is 0 Å². The number of amides is 1. The van der Waals surface area contributed by atoms with E-state index >= 15 is 0 Å². The summed E-state index contributed by atoms with van der Waals surface area (Å²) in [7, 11) is 1.67. The lowest BCUT2D eigenvalue weighted by molar-refractivity contribution is -0.127. The van der Waals surface area contributed by atoms with Crippen molar-refractivity contribution in [1.29, 1.82) is 0 Å². The minimum absolute atomic E-state index is 0.0804. The van der Waals surface area contributed by atoms with Crippen molar-refractivity contribution >= 4 is 24.2 Å². The predicted molar refractivity (Wildman–Crippen MR) is 43.3 cm³/mol. The normalized spacial score (nSPS) is 18.0. The molecule has 1 amide bonds. The second-order valence-corrected chi connectivity index (χ2v) is 2.68. The molecule has 0 atom stereocenters. The van der Waals surface area contributed by atoms with Crippen LogP contribution in [0.2, 0.25) is 0 Å². The Kier molecular flexibility index (Phi) is 2.32. The number of thiol groups is 1. The number of nitrogens with zero attached hydrogens (tertiary/aromatic N) is 2. The van der Waals surface area contributed by atoms with Gasteiger partial charge in [0, 0.05) is 12.8 Å². The maximum atomic E-state index is 10.8. The largest absolute Gasteiger partial charge is 0.273 e. The lowest BCUT2D eigenvalue weighted by Gasteiger charge is -1.98. The first kappa shape index (κ1) is 7.60. The van der Waals surface area contributed by atoms with Crippen LogP contribution >= 0.6 is 12.6 Å². The maximum Gasteiger partial charge on any atom is 0.248 e.